The summed E-state index contributed by atoms with van der Waals surface area (Å²) in [5.41, 5.74) is 3.11. The maximum Gasteiger partial charge on any atom is 3.00 e. The summed E-state index contributed by atoms with van der Waals surface area (Å²) < 4.78 is 0. The average Bonchev–Trinajstić information content (AvgIpc) is 3.31. The Bertz CT molecular complexity index is 1170. The monoisotopic (exact) mass is 659 g/mol. The van der Waals surface area contributed by atoms with Crippen molar-refractivity contribution in [1.29, 1.82) is 0 Å². The van der Waals surface area contributed by atoms with E-state index in [1.54, 1.807) is 13.8 Å². The summed E-state index contributed by atoms with van der Waals surface area (Å²) in [6.07, 6.45) is 5.57. The van der Waals surface area contributed by atoms with Crippen LogP contribution in [0.15, 0.2) is 97.5 Å². The summed E-state index contributed by atoms with van der Waals surface area (Å²) in [5, 5.41) is 19.5. The molecule has 0 amide bonds. The van der Waals surface area contributed by atoms with Crippen molar-refractivity contribution in [2.45, 2.75) is 32.5 Å². The zero-order chi connectivity index (χ0) is 25.0. The summed E-state index contributed by atoms with van der Waals surface area (Å²) >= 11 is 0. The number of para-hydroxylation sites is 1. The number of pyridine rings is 1. The van der Waals surface area contributed by atoms with Crippen LogP contribution in [0.4, 0.5) is 5.69 Å². The van der Waals surface area contributed by atoms with Crippen molar-refractivity contribution in [3.8, 4) is 11.3 Å². The normalized spacial score (nSPS) is 13.6. The van der Waals surface area contributed by atoms with E-state index in [-0.39, 0.29) is 32.3 Å². The second kappa shape index (κ2) is 15.2. The van der Waals surface area contributed by atoms with Crippen LogP contribution >= 0.6 is 0 Å². The summed E-state index contributed by atoms with van der Waals surface area (Å²) in [6, 6.07) is 32.5. The van der Waals surface area contributed by atoms with Gasteiger partial charge in [0.25, 0.3) is 0 Å². The van der Waals surface area contributed by atoms with E-state index in [0.29, 0.717) is 6.42 Å². The summed E-state index contributed by atoms with van der Waals surface area (Å²) in [4.78, 5) is 8.47. The van der Waals surface area contributed by atoms with Crippen LogP contribution in [0.2, 0.25) is 0 Å². The van der Waals surface area contributed by atoms with Gasteiger partial charge in [-0.1, -0.05) is 24.3 Å². The molecular formula is C30H32IrN3O2. The van der Waals surface area contributed by atoms with Crippen LogP contribution in [-0.4, -0.2) is 39.4 Å². The van der Waals surface area contributed by atoms with Gasteiger partial charge in [0.1, 0.15) is 0 Å². The number of aliphatic hydroxyl groups excluding tert-OH is 2. The third-order valence-corrected chi connectivity index (χ3v) is 5.06. The molecule has 5 nitrogen and oxygen atoms in total. The van der Waals surface area contributed by atoms with E-state index in [2.05, 4.69) is 29.2 Å². The Hall–Kier alpha value is -3.02. The van der Waals surface area contributed by atoms with E-state index >= 15 is 0 Å². The van der Waals surface area contributed by atoms with Gasteiger partial charge in [0.05, 0.1) is 12.2 Å². The van der Waals surface area contributed by atoms with Crippen LogP contribution in [0.1, 0.15) is 20.3 Å². The maximum absolute atomic E-state index is 8.56. The minimum absolute atomic E-state index is 0. The quantitative estimate of drug-likeness (QED) is 0.277. The molecule has 6 heteroatoms. The molecule has 1 aromatic heterocycles. The van der Waals surface area contributed by atoms with Crippen molar-refractivity contribution in [1.82, 2.24) is 9.88 Å². The SMILES string of the molecule is CC(O)CC(C)O.CN1C=CN(c2[c-]cccc2)[CH-]1.[Ir+3].[c-]1ccccc1-c1nccc2ccccc12. The van der Waals surface area contributed by atoms with E-state index in [1.165, 1.54) is 10.8 Å². The number of aromatic nitrogens is 1. The number of hydrogen-bond acceptors (Lipinski definition) is 5. The van der Waals surface area contributed by atoms with E-state index in [0.717, 1.165) is 16.9 Å². The van der Waals surface area contributed by atoms with Gasteiger partial charge in [-0.05, 0) is 62.2 Å². The zero-order valence-electron chi connectivity index (χ0n) is 20.7. The molecule has 36 heavy (non-hydrogen) atoms. The first-order valence-corrected chi connectivity index (χ1v) is 11.6. The Balaban J connectivity index is 0.000000203. The van der Waals surface area contributed by atoms with Crippen molar-refractivity contribution in [3.05, 3.63) is 116 Å². The Kier molecular flexibility index (Phi) is 12.3. The van der Waals surface area contributed by atoms with Gasteiger partial charge in [-0.25, -0.2) is 0 Å². The molecule has 3 aromatic carbocycles. The molecule has 4 aromatic rings. The average molecular weight is 659 g/mol. The van der Waals surface area contributed by atoms with Gasteiger partial charge in [0, 0.05) is 6.20 Å². The standard InChI is InChI=1S/C15H10N.C10H10N2.C5H12O2.Ir/c1-2-7-13(8-3-1)15-14-9-5-4-6-12(14)10-11-16-15;1-11-7-8-12(9-11)10-5-3-2-4-6-10;1-4(6)3-5(2)7;/h1-7,9-11H;2-5,7-9H,1H3;4-7H,3H2,1-2H3;/q-1;-2;;+3. The van der Waals surface area contributed by atoms with Gasteiger partial charge in [0.15, 0.2) is 0 Å². The van der Waals surface area contributed by atoms with Crippen molar-refractivity contribution in [2.75, 3.05) is 11.9 Å². The molecule has 0 fully saturated rings. The third kappa shape index (κ3) is 9.21. The fraction of sp³-hybridized carbons (Fsp3) is 0.200. The first-order chi connectivity index (χ1) is 16.9. The van der Waals surface area contributed by atoms with Gasteiger partial charge >= 0.3 is 20.1 Å². The van der Waals surface area contributed by atoms with Gasteiger partial charge in [-0.15, -0.1) is 41.6 Å². The fourth-order valence-electron chi connectivity index (χ4n) is 3.51. The number of aliphatic hydroxyl groups is 2. The summed E-state index contributed by atoms with van der Waals surface area (Å²) in [5.74, 6) is 0. The number of anilines is 1. The van der Waals surface area contributed by atoms with Crippen molar-refractivity contribution >= 4 is 16.5 Å². The van der Waals surface area contributed by atoms with Crippen molar-refractivity contribution in [2.24, 2.45) is 0 Å². The molecule has 0 bridgehead atoms. The smallest absolute Gasteiger partial charge is 0.510 e. The molecule has 2 N–H and O–H groups in total. The van der Waals surface area contributed by atoms with Gasteiger partial charge in [-0.2, -0.15) is 37.0 Å². The van der Waals surface area contributed by atoms with Gasteiger partial charge in [-0.3, -0.25) is 0 Å². The summed E-state index contributed by atoms with van der Waals surface area (Å²) in [6.45, 7) is 5.32. The topological polar surface area (TPSA) is 59.8 Å². The minimum Gasteiger partial charge on any atom is -0.510 e. The Morgan fingerprint density at radius 3 is 2.08 bits per heavy atom. The number of rotatable bonds is 4. The Labute approximate surface area is 228 Å². The maximum atomic E-state index is 8.56. The van der Waals surface area contributed by atoms with Crippen LogP contribution in [0.25, 0.3) is 22.0 Å². The minimum atomic E-state index is -0.375. The van der Waals surface area contributed by atoms with Crippen LogP contribution in [-0.2, 0) is 20.1 Å². The largest absolute Gasteiger partial charge is 3.00 e. The van der Waals surface area contributed by atoms with Crippen molar-refractivity contribution < 1.29 is 30.3 Å². The van der Waals surface area contributed by atoms with Crippen LogP contribution in [0.5, 0.6) is 0 Å². The summed E-state index contributed by atoms with van der Waals surface area (Å²) in [7, 11) is 2.00. The van der Waals surface area contributed by atoms with Gasteiger partial charge < -0.3 is 25.0 Å². The predicted molar refractivity (Wildman–Crippen MR) is 143 cm³/mol. The fourth-order valence-corrected chi connectivity index (χ4v) is 3.51. The number of fused-ring (bicyclic) bond motifs is 1. The second-order valence-corrected chi connectivity index (χ2v) is 8.32. The molecule has 0 saturated carbocycles. The zero-order valence-corrected chi connectivity index (χ0v) is 23.1. The molecule has 2 unspecified atom stereocenters. The molecular weight excluding hydrogens is 627 g/mol. The van der Waals surface area contributed by atoms with E-state index in [1.807, 2.05) is 109 Å². The van der Waals surface area contributed by atoms with Gasteiger partial charge in [0.2, 0.25) is 0 Å². The van der Waals surface area contributed by atoms with Crippen LogP contribution < -0.4 is 4.90 Å². The Morgan fingerprint density at radius 2 is 1.53 bits per heavy atom. The van der Waals surface area contributed by atoms with E-state index in [9.17, 15) is 0 Å². The van der Waals surface area contributed by atoms with E-state index < -0.39 is 0 Å². The van der Waals surface area contributed by atoms with Crippen LogP contribution in [0.3, 0.4) is 0 Å². The first-order valence-electron chi connectivity index (χ1n) is 11.6. The molecule has 0 radical (unpaired) electrons. The predicted octanol–water partition coefficient (Wildman–Crippen LogP) is 5.67. The molecule has 1 aliphatic rings. The molecule has 0 spiro atoms. The first kappa shape index (κ1) is 29.2. The Morgan fingerprint density at radius 1 is 0.861 bits per heavy atom. The molecule has 2 heterocycles. The molecule has 188 valence electrons. The molecule has 0 saturated heterocycles. The number of hydrogen-bond donors (Lipinski definition) is 2. The number of nitrogens with zero attached hydrogens (tertiary/aromatic N) is 3. The molecule has 1 aliphatic heterocycles. The molecule has 5 rings (SSSR count). The second-order valence-electron chi connectivity index (χ2n) is 8.32. The number of benzene rings is 3. The molecule has 2 atom stereocenters. The van der Waals surface area contributed by atoms with Crippen molar-refractivity contribution in [3.63, 3.8) is 0 Å². The van der Waals surface area contributed by atoms with E-state index in [4.69, 9.17) is 10.2 Å². The third-order valence-electron chi connectivity index (χ3n) is 5.06. The van der Waals surface area contributed by atoms with Crippen LogP contribution in [0, 0.1) is 18.8 Å². The molecule has 0 aliphatic carbocycles.